The monoisotopic (exact) mass is 448 g/mol. The number of anilines is 1. The summed E-state index contributed by atoms with van der Waals surface area (Å²) in [6, 6.07) is 15.0. The molecule has 6 heteroatoms. The molecular weight excluding hydrogens is 420 g/mol. The van der Waals surface area contributed by atoms with Gasteiger partial charge in [-0.25, -0.2) is 0 Å². The Morgan fingerprint density at radius 2 is 1.81 bits per heavy atom. The van der Waals surface area contributed by atoms with Gasteiger partial charge in [0.2, 0.25) is 5.91 Å². The summed E-state index contributed by atoms with van der Waals surface area (Å²) in [5.41, 5.74) is 6.12. The Bertz CT molecular complexity index is 1150. The third-order valence-electron chi connectivity index (χ3n) is 6.51. The molecule has 0 radical (unpaired) electrons. The van der Waals surface area contributed by atoms with Gasteiger partial charge in [-0.15, -0.1) is 11.3 Å². The van der Waals surface area contributed by atoms with E-state index in [0.717, 1.165) is 49.5 Å². The summed E-state index contributed by atoms with van der Waals surface area (Å²) < 4.78 is 11.4. The molecule has 1 atom stereocenters. The van der Waals surface area contributed by atoms with Crippen molar-refractivity contribution in [1.82, 2.24) is 4.90 Å². The van der Waals surface area contributed by atoms with Crippen LogP contribution in [0.1, 0.15) is 45.0 Å². The Kier molecular flexibility index (Phi) is 5.66. The molecule has 0 saturated carbocycles. The number of hydrogen-bond acceptors (Lipinski definition) is 5. The quantitative estimate of drug-likeness (QED) is 0.599. The number of nitrogens with one attached hydrogen (secondary N) is 1. The second-order valence-electron chi connectivity index (χ2n) is 8.51. The zero-order valence-electron chi connectivity index (χ0n) is 18.7. The van der Waals surface area contributed by atoms with Crippen molar-refractivity contribution in [3.8, 4) is 11.5 Å². The fraction of sp³-hybridized carbons (Fsp3) is 0.346. The van der Waals surface area contributed by atoms with E-state index in [1.54, 1.807) is 14.2 Å². The first kappa shape index (κ1) is 21.0. The third-order valence-corrected chi connectivity index (χ3v) is 7.73. The standard InChI is InChI=1S/C26H28N2O3S/c1-16(29)27-18-6-4-17(5-7-18)12-19-13-21-23-14-20-22(15-28(23)11-10-26(21)32-19)25(31-3)9-8-24(20)30-2/h4-9,13,23H,10-12,14-15H2,1-3H3,(H,27,29). The van der Waals surface area contributed by atoms with Gasteiger partial charge in [0.05, 0.1) is 14.2 Å². The number of nitrogens with zero attached hydrogens (tertiary/aromatic N) is 1. The van der Waals surface area contributed by atoms with Gasteiger partial charge in [0.25, 0.3) is 0 Å². The second kappa shape index (κ2) is 8.60. The molecule has 0 aliphatic carbocycles. The molecule has 5 nitrogen and oxygen atoms in total. The van der Waals surface area contributed by atoms with Crippen molar-refractivity contribution in [2.45, 2.75) is 38.8 Å². The van der Waals surface area contributed by atoms with E-state index in [4.69, 9.17) is 9.47 Å². The van der Waals surface area contributed by atoms with Crippen LogP contribution in [0.15, 0.2) is 42.5 Å². The lowest BCUT2D eigenvalue weighted by atomic mass is 9.86. The number of rotatable bonds is 5. The van der Waals surface area contributed by atoms with Gasteiger partial charge >= 0.3 is 0 Å². The highest BCUT2D eigenvalue weighted by Crippen LogP contribution is 2.45. The predicted octanol–water partition coefficient (Wildman–Crippen LogP) is 4.97. The van der Waals surface area contributed by atoms with Crippen LogP contribution in [0.4, 0.5) is 5.69 Å². The van der Waals surface area contributed by atoms with E-state index in [-0.39, 0.29) is 5.91 Å². The van der Waals surface area contributed by atoms with Crippen molar-refractivity contribution in [1.29, 1.82) is 0 Å². The number of fused-ring (bicyclic) bond motifs is 4. The number of hydrogen-bond donors (Lipinski definition) is 1. The van der Waals surface area contributed by atoms with E-state index in [1.807, 2.05) is 35.6 Å². The van der Waals surface area contributed by atoms with Gasteiger partial charge < -0.3 is 14.8 Å². The predicted molar refractivity (Wildman–Crippen MR) is 128 cm³/mol. The van der Waals surface area contributed by atoms with Crippen molar-refractivity contribution in [2.24, 2.45) is 0 Å². The SMILES string of the molecule is COc1ccc(OC)c2c1CC1c3cc(Cc4ccc(NC(C)=O)cc4)sc3CCN1C2. The molecule has 3 heterocycles. The summed E-state index contributed by atoms with van der Waals surface area (Å²) in [6.07, 6.45) is 2.96. The summed E-state index contributed by atoms with van der Waals surface area (Å²) >= 11 is 1.95. The molecule has 5 rings (SSSR count). The Labute approximate surface area is 193 Å². The minimum atomic E-state index is -0.0449. The van der Waals surface area contributed by atoms with Crippen LogP contribution >= 0.6 is 11.3 Å². The summed E-state index contributed by atoms with van der Waals surface area (Å²) in [5.74, 6) is 1.87. The molecule has 2 aliphatic rings. The molecule has 0 spiro atoms. The van der Waals surface area contributed by atoms with Crippen LogP contribution in [0.3, 0.4) is 0 Å². The van der Waals surface area contributed by atoms with E-state index < -0.39 is 0 Å². The van der Waals surface area contributed by atoms with Crippen LogP contribution in [-0.4, -0.2) is 31.6 Å². The molecule has 166 valence electrons. The number of ether oxygens (including phenoxy) is 2. The van der Waals surface area contributed by atoms with Crippen molar-refractivity contribution >= 4 is 22.9 Å². The molecule has 32 heavy (non-hydrogen) atoms. The Balaban J connectivity index is 1.40. The normalized spacial score (nSPS) is 17.2. The highest BCUT2D eigenvalue weighted by molar-refractivity contribution is 7.12. The molecule has 1 amide bonds. The van der Waals surface area contributed by atoms with Gasteiger partial charge in [-0.1, -0.05) is 12.1 Å². The van der Waals surface area contributed by atoms with Gasteiger partial charge in [0.1, 0.15) is 11.5 Å². The van der Waals surface area contributed by atoms with Crippen LogP contribution in [0, 0.1) is 0 Å². The molecule has 0 fully saturated rings. The van der Waals surface area contributed by atoms with Gasteiger partial charge in [-0.2, -0.15) is 0 Å². The summed E-state index contributed by atoms with van der Waals surface area (Å²) in [7, 11) is 3.50. The molecular formula is C26H28N2O3S. The van der Waals surface area contributed by atoms with Gasteiger partial charge in [0.15, 0.2) is 0 Å². The first-order valence-electron chi connectivity index (χ1n) is 11.0. The third kappa shape index (κ3) is 3.89. The van der Waals surface area contributed by atoms with Crippen molar-refractivity contribution in [2.75, 3.05) is 26.1 Å². The molecule has 0 saturated heterocycles. The second-order valence-corrected chi connectivity index (χ2v) is 9.74. The lowest BCUT2D eigenvalue weighted by Crippen LogP contribution is -2.39. The van der Waals surface area contributed by atoms with Crippen LogP contribution < -0.4 is 14.8 Å². The van der Waals surface area contributed by atoms with Gasteiger partial charge in [-0.3, -0.25) is 9.69 Å². The fourth-order valence-electron chi connectivity index (χ4n) is 5.03. The Morgan fingerprint density at radius 1 is 1.09 bits per heavy atom. The molecule has 1 unspecified atom stereocenters. The highest BCUT2D eigenvalue weighted by Gasteiger charge is 2.35. The average Bonchev–Trinajstić information content (AvgIpc) is 3.21. The number of carbonyl (C=O) groups excluding carboxylic acids is 1. The Morgan fingerprint density at radius 3 is 2.50 bits per heavy atom. The maximum Gasteiger partial charge on any atom is 0.221 e. The topological polar surface area (TPSA) is 50.8 Å². The van der Waals surface area contributed by atoms with Crippen molar-refractivity contribution in [3.63, 3.8) is 0 Å². The van der Waals surface area contributed by atoms with E-state index >= 15 is 0 Å². The molecule has 1 aromatic heterocycles. The lowest BCUT2D eigenvalue weighted by molar-refractivity contribution is -0.114. The minimum absolute atomic E-state index is 0.0449. The molecule has 3 aromatic rings. The maximum absolute atomic E-state index is 11.2. The molecule has 0 bridgehead atoms. The first-order valence-corrected chi connectivity index (χ1v) is 11.8. The zero-order valence-corrected chi connectivity index (χ0v) is 19.6. The molecule has 2 aromatic carbocycles. The van der Waals surface area contributed by atoms with Crippen LogP contribution in [0.5, 0.6) is 11.5 Å². The van der Waals surface area contributed by atoms with Gasteiger partial charge in [0, 0.05) is 59.0 Å². The molecule has 2 aliphatic heterocycles. The number of carbonyl (C=O) groups is 1. The average molecular weight is 449 g/mol. The number of benzene rings is 2. The number of methoxy groups -OCH3 is 2. The fourth-order valence-corrected chi connectivity index (χ4v) is 6.27. The summed E-state index contributed by atoms with van der Waals surface area (Å²) in [6.45, 7) is 3.50. The highest BCUT2D eigenvalue weighted by atomic mass is 32.1. The van der Waals surface area contributed by atoms with E-state index in [9.17, 15) is 4.79 Å². The smallest absolute Gasteiger partial charge is 0.221 e. The van der Waals surface area contributed by atoms with Crippen LogP contribution in [0.2, 0.25) is 0 Å². The van der Waals surface area contributed by atoms with Crippen LogP contribution in [0.25, 0.3) is 0 Å². The van der Waals surface area contributed by atoms with Crippen molar-refractivity contribution in [3.05, 3.63) is 74.5 Å². The first-order chi connectivity index (χ1) is 15.6. The van der Waals surface area contributed by atoms with E-state index in [0.29, 0.717) is 6.04 Å². The summed E-state index contributed by atoms with van der Waals surface area (Å²) in [4.78, 5) is 16.7. The zero-order chi connectivity index (χ0) is 22.2. The Hall–Kier alpha value is -2.83. The maximum atomic E-state index is 11.2. The molecule has 1 N–H and O–H groups in total. The van der Waals surface area contributed by atoms with Crippen LogP contribution in [-0.2, 0) is 30.6 Å². The van der Waals surface area contributed by atoms with E-state index in [2.05, 4.69) is 28.4 Å². The lowest BCUT2D eigenvalue weighted by Gasteiger charge is -2.41. The summed E-state index contributed by atoms with van der Waals surface area (Å²) in [5, 5.41) is 2.83. The van der Waals surface area contributed by atoms with Gasteiger partial charge in [-0.05, 0) is 54.3 Å². The number of thiophene rings is 1. The number of amides is 1. The minimum Gasteiger partial charge on any atom is -0.496 e. The van der Waals surface area contributed by atoms with E-state index in [1.165, 1.54) is 38.9 Å². The largest absolute Gasteiger partial charge is 0.496 e. The van der Waals surface area contributed by atoms with Crippen molar-refractivity contribution < 1.29 is 14.3 Å².